The number of aliphatic hydroxyl groups excluding tert-OH is 1. The van der Waals surface area contributed by atoms with Crippen LogP contribution in [-0.4, -0.2) is 84.6 Å². The number of anilines is 2. The Morgan fingerprint density at radius 3 is 2.72 bits per heavy atom. The van der Waals surface area contributed by atoms with Gasteiger partial charge in [-0.3, -0.25) is 9.69 Å². The summed E-state index contributed by atoms with van der Waals surface area (Å²) in [5, 5.41) is 16.2. The van der Waals surface area contributed by atoms with Gasteiger partial charge in [-0.15, -0.1) is 0 Å². The van der Waals surface area contributed by atoms with Crippen LogP contribution >= 0.6 is 11.6 Å². The highest BCUT2D eigenvalue weighted by atomic mass is 35.5. The molecule has 3 unspecified atom stereocenters. The molecule has 4 fully saturated rings. The van der Waals surface area contributed by atoms with Crippen molar-refractivity contribution in [3.8, 4) is 0 Å². The van der Waals surface area contributed by atoms with Crippen molar-refractivity contribution in [3.63, 3.8) is 0 Å². The van der Waals surface area contributed by atoms with Gasteiger partial charge in [0.05, 0.1) is 35.6 Å². The Kier molecular flexibility index (Phi) is 6.16. The maximum Gasteiger partial charge on any atom is 0.229 e. The third-order valence-electron chi connectivity index (χ3n) is 9.08. The maximum absolute atomic E-state index is 12.9. The summed E-state index contributed by atoms with van der Waals surface area (Å²) >= 11 is 6.75. The molecule has 1 spiro atoms. The van der Waals surface area contributed by atoms with E-state index in [0.29, 0.717) is 24.1 Å². The highest BCUT2D eigenvalue weighted by molar-refractivity contribution is 6.34. The molecule has 1 saturated carbocycles. The fourth-order valence-corrected chi connectivity index (χ4v) is 6.72. The number of aromatic nitrogens is 1. The first-order valence-electron chi connectivity index (χ1n) is 13.0. The lowest BCUT2D eigenvalue weighted by atomic mass is 9.93. The first-order valence-corrected chi connectivity index (χ1v) is 13.4. The van der Waals surface area contributed by atoms with E-state index in [9.17, 15) is 9.90 Å². The minimum Gasteiger partial charge on any atom is -0.389 e. The molecule has 0 bridgehead atoms. The van der Waals surface area contributed by atoms with Gasteiger partial charge in [-0.1, -0.05) is 11.6 Å². The van der Waals surface area contributed by atoms with Crippen molar-refractivity contribution >= 4 is 39.8 Å². The van der Waals surface area contributed by atoms with Gasteiger partial charge in [-0.2, -0.15) is 0 Å². The van der Waals surface area contributed by atoms with Crippen molar-refractivity contribution in [2.24, 2.45) is 11.3 Å². The number of amides is 1. The molecule has 2 aromatic rings. The maximum atomic E-state index is 12.9. The van der Waals surface area contributed by atoms with E-state index in [-0.39, 0.29) is 28.8 Å². The van der Waals surface area contributed by atoms with Gasteiger partial charge < -0.3 is 24.8 Å². The Morgan fingerprint density at radius 2 is 2.00 bits per heavy atom. The zero-order valence-electron chi connectivity index (χ0n) is 21.0. The third-order valence-corrected chi connectivity index (χ3v) is 9.38. The smallest absolute Gasteiger partial charge is 0.229 e. The number of pyridine rings is 1. The number of nitrogens with one attached hydrogen (secondary N) is 1. The fourth-order valence-electron chi connectivity index (χ4n) is 6.44. The Balaban J connectivity index is 1.18. The molecule has 8 nitrogen and oxygen atoms in total. The number of hydrogen-bond acceptors (Lipinski definition) is 7. The Hall–Kier alpha value is -1.97. The predicted octanol–water partition coefficient (Wildman–Crippen LogP) is 3.30. The van der Waals surface area contributed by atoms with E-state index in [1.54, 1.807) is 6.20 Å². The molecule has 194 valence electrons. The number of hydrogen-bond donors (Lipinski definition) is 2. The number of aliphatic hydroxyl groups is 1. The summed E-state index contributed by atoms with van der Waals surface area (Å²) < 4.78 is 11.0. The topological polar surface area (TPSA) is 87.2 Å². The highest BCUT2D eigenvalue weighted by Crippen LogP contribution is 2.59. The van der Waals surface area contributed by atoms with Gasteiger partial charge in [-0.05, 0) is 62.1 Å². The minimum atomic E-state index is -0.474. The molecule has 4 heterocycles. The molecule has 0 radical (unpaired) electrons. The van der Waals surface area contributed by atoms with E-state index in [2.05, 4.69) is 40.0 Å². The number of halogens is 1. The lowest BCUT2D eigenvalue weighted by Gasteiger charge is -2.48. The second-order valence-electron chi connectivity index (χ2n) is 11.3. The van der Waals surface area contributed by atoms with Gasteiger partial charge in [0.2, 0.25) is 5.91 Å². The number of piperazine rings is 1. The molecular weight excluding hydrogens is 480 g/mol. The van der Waals surface area contributed by atoms with Crippen LogP contribution in [0.4, 0.5) is 11.5 Å². The monoisotopic (exact) mass is 514 g/mol. The molecule has 9 heteroatoms. The van der Waals surface area contributed by atoms with Crippen molar-refractivity contribution in [1.29, 1.82) is 0 Å². The van der Waals surface area contributed by atoms with E-state index in [0.717, 1.165) is 68.6 Å². The van der Waals surface area contributed by atoms with Crippen LogP contribution in [-0.2, 0) is 14.3 Å². The zero-order chi connectivity index (χ0) is 25.1. The molecule has 1 aliphatic carbocycles. The Bertz CT molecular complexity index is 1170. The standard InChI is InChI=1S/C27H35ClN4O4/c1-17-14-31(26(2)16-36-15-23(26)33)5-6-32(17)22-10-18-11-24(29-13-19(18)9-21(22)28)30-25(34)20-12-27(20)3-7-35-8-4-27/h9-11,13,17,20,23,33H,3-8,12,14-16H2,1-2H3,(H,29,30,34)/t17-,20?,23?,26?/m0/s1. The summed E-state index contributed by atoms with van der Waals surface area (Å²) in [6.07, 6.45) is 4.19. The van der Waals surface area contributed by atoms with E-state index in [1.807, 2.05) is 12.1 Å². The number of fused-ring (bicyclic) bond motifs is 1. The molecule has 6 rings (SSSR count). The lowest BCUT2D eigenvalue weighted by Crippen LogP contribution is -2.63. The molecule has 36 heavy (non-hydrogen) atoms. The van der Waals surface area contributed by atoms with E-state index in [1.165, 1.54) is 0 Å². The molecular formula is C27H35ClN4O4. The number of rotatable bonds is 4. The molecule has 4 aliphatic rings. The summed E-state index contributed by atoms with van der Waals surface area (Å²) in [6.45, 7) is 9.17. The van der Waals surface area contributed by atoms with Crippen molar-refractivity contribution in [3.05, 3.63) is 29.4 Å². The summed E-state index contributed by atoms with van der Waals surface area (Å²) in [5.41, 5.74) is 0.768. The van der Waals surface area contributed by atoms with Gasteiger partial charge in [-0.25, -0.2) is 4.98 Å². The van der Waals surface area contributed by atoms with Gasteiger partial charge in [0, 0.05) is 56.4 Å². The Labute approximate surface area is 216 Å². The molecule has 4 atom stereocenters. The van der Waals surface area contributed by atoms with Crippen molar-refractivity contribution < 1.29 is 19.4 Å². The quantitative estimate of drug-likeness (QED) is 0.647. The van der Waals surface area contributed by atoms with Gasteiger partial charge in [0.15, 0.2) is 0 Å². The summed E-state index contributed by atoms with van der Waals surface area (Å²) in [5.74, 6) is 0.701. The molecule has 3 aliphatic heterocycles. The second-order valence-corrected chi connectivity index (χ2v) is 11.7. The van der Waals surface area contributed by atoms with E-state index >= 15 is 0 Å². The van der Waals surface area contributed by atoms with Crippen LogP contribution in [0.3, 0.4) is 0 Å². The number of benzene rings is 1. The minimum absolute atomic E-state index is 0.0578. The summed E-state index contributed by atoms with van der Waals surface area (Å²) in [7, 11) is 0. The SMILES string of the molecule is C[C@H]1CN(C2(C)COCC2O)CCN1c1cc2cc(NC(=O)C3CC34CCOCC4)ncc2cc1Cl. The molecule has 1 aromatic heterocycles. The highest BCUT2D eigenvalue weighted by Gasteiger charge is 2.58. The number of ether oxygens (including phenoxy) is 2. The summed E-state index contributed by atoms with van der Waals surface area (Å²) in [4.78, 5) is 22.1. The van der Waals surface area contributed by atoms with Crippen LogP contribution in [0.15, 0.2) is 24.4 Å². The van der Waals surface area contributed by atoms with E-state index < -0.39 is 6.10 Å². The van der Waals surface area contributed by atoms with Crippen LogP contribution in [0, 0.1) is 11.3 Å². The second kappa shape index (κ2) is 9.10. The average molecular weight is 515 g/mol. The van der Waals surface area contributed by atoms with Crippen LogP contribution in [0.25, 0.3) is 10.8 Å². The predicted molar refractivity (Wildman–Crippen MR) is 140 cm³/mol. The normalized spacial score (nSPS) is 32.2. The van der Waals surface area contributed by atoms with Crippen molar-refractivity contribution in [2.45, 2.75) is 50.8 Å². The van der Waals surface area contributed by atoms with Gasteiger partial charge in [0.25, 0.3) is 0 Å². The number of nitrogens with zero attached hydrogens (tertiary/aromatic N) is 3. The largest absolute Gasteiger partial charge is 0.389 e. The molecule has 1 aromatic carbocycles. The van der Waals surface area contributed by atoms with Crippen molar-refractivity contribution in [1.82, 2.24) is 9.88 Å². The van der Waals surface area contributed by atoms with E-state index in [4.69, 9.17) is 21.1 Å². The Morgan fingerprint density at radius 1 is 1.19 bits per heavy atom. The zero-order valence-corrected chi connectivity index (χ0v) is 21.8. The van der Waals surface area contributed by atoms with Gasteiger partial charge in [0.1, 0.15) is 5.82 Å². The first kappa shape index (κ1) is 24.4. The number of carbonyl (C=O) groups is 1. The van der Waals surface area contributed by atoms with Crippen LogP contribution in [0.2, 0.25) is 5.02 Å². The molecule has 3 saturated heterocycles. The van der Waals surface area contributed by atoms with Crippen LogP contribution in [0.1, 0.15) is 33.1 Å². The van der Waals surface area contributed by atoms with Crippen LogP contribution in [0.5, 0.6) is 0 Å². The lowest BCUT2D eigenvalue weighted by molar-refractivity contribution is -0.118. The van der Waals surface area contributed by atoms with Gasteiger partial charge >= 0.3 is 0 Å². The first-order chi connectivity index (χ1) is 17.3. The average Bonchev–Trinajstić information content (AvgIpc) is 3.44. The molecule has 1 amide bonds. The number of carbonyl (C=O) groups excluding carboxylic acids is 1. The fraction of sp³-hybridized carbons (Fsp3) is 0.630. The summed E-state index contributed by atoms with van der Waals surface area (Å²) in [6, 6.07) is 6.22. The third kappa shape index (κ3) is 4.17. The van der Waals surface area contributed by atoms with Crippen LogP contribution < -0.4 is 10.2 Å². The van der Waals surface area contributed by atoms with Crippen molar-refractivity contribution in [2.75, 3.05) is 56.3 Å². The molecule has 2 N–H and O–H groups in total.